The molecule has 1 atom stereocenters. The summed E-state index contributed by atoms with van der Waals surface area (Å²) in [5, 5.41) is 13.1. The molecule has 2 N–H and O–H groups in total. The molecule has 30 heavy (non-hydrogen) atoms. The molecule has 0 fully saturated rings. The predicted molar refractivity (Wildman–Crippen MR) is 113 cm³/mol. The molecule has 1 amide bonds. The minimum absolute atomic E-state index is 0.0342. The van der Waals surface area contributed by atoms with E-state index in [0.29, 0.717) is 5.69 Å². The third kappa shape index (κ3) is 4.62. The summed E-state index contributed by atoms with van der Waals surface area (Å²) >= 11 is 0. The van der Waals surface area contributed by atoms with E-state index in [1.807, 2.05) is 35.9 Å². The summed E-state index contributed by atoms with van der Waals surface area (Å²) in [6.45, 7) is 5.12. The van der Waals surface area contributed by atoms with Crippen molar-refractivity contribution in [3.05, 3.63) is 60.0 Å². The molecular formula is C23H25FN2O4. The summed E-state index contributed by atoms with van der Waals surface area (Å²) in [6.07, 6.45) is -0.760. The number of hydrogen-bond donors (Lipinski definition) is 2. The minimum Gasteiger partial charge on any atom is -0.480 e. The molecule has 0 saturated heterocycles. The number of nitrogens with zero attached hydrogens (tertiary/aromatic N) is 1. The van der Waals surface area contributed by atoms with Crippen molar-refractivity contribution < 1.29 is 23.8 Å². The van der Waals surface area contributed by atoms with Gasteiger partial charge < -0.3 is 19.7 Å². The van der Waals surface area contributed by atoms with Crippen LogP contribution in [-0.4, -0.2) is 33.4 Å². The van der Waals surface area contributed by atoms with Crippen molar-refractivity contribution >= 4 is 23.0 Å². The number of para-hydroxylation sites is 1. The maximum atomic E-state index is 13.5. The first kappa shape index (κ1) is 21.4. The Kier molecular flexibility index (Phi) is 5.82. The molecule has 3 aromatic rings. The topological polar surface area (TPSA) is 80.6 Å². The quantitative estimate of drug-likeness (QED) is 0.646. The molecular weight excluding hydrogens is 387 g/mol. The third-order valence-corrected chi connectivity index (χ3v) is 4.75. The molecule has 1 unspecified atom stereocenters. The van der Waals surface area contributed by atoms with Gasteiger partial charge in [-0.2, -0.15) is 0 Å². The number of fused-ring (bicyclic) bond motifs is 1. The number of aryl methyl sites for hydroxylation is 1. The number of carbonyl (C=O) groups excluding carboxylic acids is 1. The fourth-order valence-electron chi connectivity index (χ4n) is 3.47. The molecule has 3 rings (SSSR count). The Hall–Kier alpha value is -3.35. The zero-order valence-electron chi connectivity index (χ0n) is 17.4. The van der Waals surface area contributed by atoms with Gasteiger partial charge in [0, 0.05) is 35.6 Å². The van der Waals surface area contributed by atoms with Crippen molar-refractivity contribution in [2.24, 2.45) is 7.05 Å². The Morgan fingerprint density at radius 1 is 1.13 bits per heavy atom. The zero-order valence-corrected chi connectivity index (χ0v) is 17.4. The lowest BCUT2D eigenvalue weighted by molar-refractivity contribution is -0.139. The highest BCUT2D eigenvalue weighted by molar-refractivity contribution is 5.98. The second-order valence-corrected chi connectivity index (χ2v) is 8.15. The van der Waals surface area contributed by atoms with E-state index in [9.17, 15) is 19.1 Å². The molecule has 0 aliphatic heterocycles. The number of aliphatic carboxylic acids is 1. The van der Waals surface area contributed by atoms with Crippen LogP contribution in [0.15, 0.2) is 48.5 Å². The van der Waals surface area contributed by atoms with E-state index in [0.717, 1.165) is 22.0 Å². The van der Waals surface area contributed by atoms with E-state index in [4.69, 9.17) is 4.74 Å². The molecule has 7 heteroatoms. The number of hydrogen-bond acceptors (Lipinski definition) is 3. The van der Waals surface area contributed by atoms with Crippen LogP contribution in [0.5, 0.6) is 0 Å². The Labute approximate surface area is 174 Å². The van der Waals surface area contributed by atoms with Gasteiger partial charge in [0.1, 0.15) is 17.5 Å². The molecule has 0 saturated carbocycles. The summed E-state index contributed by atoms with van der Waals surface area (Å²) in [6, 6.07) is 12.5. The lowest BCUT2D eigenvalue weighted by Gasteiger charge is -2.22. The normalized spacial score (nSPS) is 12.6. The summed E-state index contributed by atoms with van der Waals surface area (Å²) < 4.78 is 20.6. The maximum Gasteiger partial charge on any atom is 0.408 e. The minimum atomic E-state index is -1.19. The number of nitrogens with one attached hydrogen (secondary N) is 1. The van der Waals surface area contributed by atoms with Crippen LogP contribution in [0.2, 0.25) is 0 Å². The van der Waals surface area contributed by atoms with Crippen LogP contribution in [0.1, 0.15) is 26.5 Å². The van der Waals surface area contributed by atoms with E-state index in [1.165, 1.54) is 12.1 Å². The van der Waals surface area contributed by atoms with E-state index in [2.05, 4.69) is 5.32 Å². The summed E-state index contributed by atoms with van der Waals surface area (Å²) in [5.41, 5.74) is 2.46. The van der Waals surface area contributed by atoms with Gasteiger partial charge in [-0.3, -0.25) is 0 Å². The highest BCUT2D eigenvalue weighted by Gasteiger charge is 2.27. The van der Waals surface area contributed by atoms with Crippen LogP contribution in [0.4, 0.5) is 9.18 Å². The van der Waals surface area contributed by atoms with Crippen molar-refractivity contribution in [2.75, 3.05) is 0 Å². The largest absolute Gasteiger partial charge is 0.480 e. The summed E-state index contributed by atoms with van der Waals surface area (Å²) in [7, 11) is 1.84. The van der Waals surface area contributed by atoms with Gasteiger partial charge in [0.25, 0.3) is 0 Å². The SMILES string of the molecule is Cn1c(CC(NC(=O)OC(C)(C)C)C(=O)O)c(-c2ccc(F)cc2)c2ccccc21. The van der Waals surface area contributed by atoms with Gasteiger partial charge in [-0.15, -0.1) is 0 Å². The number of alkyl carbamates (subject to hydrolysis) is 1. The third-order valence-electron chi connectivity index (χ3n) is 4.75. The first-order chi connectivity index (χ1) is 14.1. The zero-order chi connectivity index (χ0) is 22.1. The van der Waals surface area contributed by atoms with E-state index < -0.39 is 23.7 Å². The van der Waals surface area contributed by atoms with Gasteiger partial charge in [-0.25, -0.2) is 14.0 Å². The Bertz CT molecular complexity index is 1080. The van der Waals surface area contributed by atoms with E-state index in [-0.39, 0.29) is 12.2 Å². The van der Waals surface area contributed by atoms with Crippen LogP contribution in [0.25, 0.3) is 22.0 Å². The predicted octanol–water partition coefficient (Wildman–Crippen LogP) is 4.50. The number of aromatic nitrogens is 1. The van der Waals surface area contributed by atoms with Crippen LogP contribution >= 0.6 is 0 Å². The van der Waals surface area contributed by atoms with Crippen LogP contribution in [0.3, 0.4) is 0 Å². The van der Waals surface area contributed by atoms with Crippen LogP contribution in [-0.2, 0) is 23.0 Å². The smallest absolute Gasteiger partial charge is 0.408 e. The van der Waals surface area contributed by atoms with Gasteiger partial charge in [0.15, 0.2) is 0 Å². The van der Waals surface area contributed by atoms with Crippen LogP contribution in [0, 0.1) is 5.82 Å². The molecule has 6 nitrogen and oxygen atoms in total. The van der Waals surface area contributed by atoms with Crippen molar-refractivity contribution in [2.45, 2.75) is 38.8 Å². The average molecular weight is 412 g/mol. The van der Waals surface area contributed by atoms with Gasteiger partial charge in [0.05, 0.1) is 0 Å². The van der Waals surface area contributed by atoms with Crippen LogP contribution < -0.4 is 5.32 Å². The first-order valence-corrected chi connectivity index (χ1v) is 9.61. The fourth-order valence-corrected chi connectivity index (χ4v) is 3.47. The van der Waals surface area contributed by atoms with Crippen molar-refractivity contribution in [3.63, 3.8) is 0 Å². The van der Waals surface area contributed by atoms with Gasteiger partial charge >= 0.3 is 12.1 Å². The number of rotatable bonds is 5. The van der Waals surface area contributed by atoms with Gasteiger partial charge in [0.2, 0.25) is 0 Å². The second kappa shape index (κ2) is 8.18. The molecule has 0 aliphatic carbocycles. The number of amides is 1. The standard InChI is InChI=1S/C23H25FN2O4/c1-23(2,3)30-22(29)25-17(21(27)28)13-19-20(14-9-11-15(24)12-10-14)16-7-5-6-8-18(16)26(19)4/h5-12,17H,13H2,1-4H3,(H,25,29)(H,27,28). The summed E-state index contributed by atoms with van der Waals surface area (Å²) in [4.78, 5) is 24.1. The van der Waals surface area contributed by atoms with Gasteiger partial charge in [-0.05, 0) is 44.5 Å². The highest BCUT2D eigenvalue weighted by Crippen LogP contribution is 2.35. The first-order valence-electron chi connectivity index (χ1n) is 9.61. The number of benzene rings is 2. The lowest BCUT2D eigenvalue weighted by atomic mass is 9.98. The van der Waals surface area contributed by atoms with Crippen molar-refractivity contribution in [1.29, 1.82) is 0 Å². The molecule has 1 heterocycles. The lowest BCUT2D eigenvalue weighted by Crippen LogP contribution is -2.45. The number of halogens is 1. The molecule has 0 bridgehead atoms. The second-order valence-electron chi connectivity index (χ2n) is 8.15. The number of ether oxygens (including phenoxy) is 1. The Balaban J connectivity index is 2.04. The number of carboxylic acid groups (broad SMARTS) is 1. The molecule has 0 spiro atoms. The molecule has 0 aliphatic rings. The molecule has 1 aromatic heterocycles. The monoisotopic (exact) mass is 412 g/mol. The fraction of sp³-hybridized carbons (Fsp3) is 0.304. The van der Waals surface area contributed by atoms with Crippen molar-refractivity contribution in [3.8, 4) is 11.1 Å². The van der Waals surface area contributed by atoms with Gasteiger partial charge in [-0.1, -0.05) is 30.3 Å². The summed E-state index contributed by atoms with van der Waals surface area (Å²) in [5.74, 6) is -1.52. The number of carbonyl (C=O) groups is 2. The molecule has 0 radical (unpaired) electrons. The van der Waals surface area contributed by atoms with E-state index >= 15 is 0 Å². The molecule has 2 aromatic carbocycles. The Morgan fingerprint density at radius 2 is 1.77 bits per heavy atom. The molecule has 158 valence electrons. The Morgan fingerprint density at radius 3 is 2.37 bits per heavy atom. The average Bonchev–Trinajstić information content (AvgIpc) is 2.93. The highest BCUT2D eigenvalue weighted by atomic mass is 19.1. The number of carboxylic acids is 1. The van der Waals surface area contributed by atoms with E-state index in [1.54, 1.807) is 32.9 Å². The maximum absolute atomic E-state index is 13.5. The van der Waals surface area contributed by atoms with Crippen molar-refractivity contribution in [1.82, 2.24) is 9.88 Å².